The van der Waals surface area contributed by atoms with Crippen LogP contribution < -0.4 is 10.6 Å². The van der Waals surface area contributed by atoms with Crippen molar-refractivity contribution in [2.45, 2.75) is 26.7 Å². The van der Waals surface area contributed by atoms with Crippen molar-refractivity contribution in [1.82, 2.24) is 20.5 Å². The molecule has 18 heavy (non-hydrogen) atoms. The lowest BCUT2D eigenvalue weighted by Gasteiger charge is -2.07. The number of carbonyl (C=O) groups is 2. The minimum Gasteiger partial charge on any atom is -0.480 e. The predicted octanol–water partition coefficient (Wildman–Crippen LogP) is 0.202. The molecule has 0 bridgehead atoms. The average molecular weight is 253 g/mol. The molecule has 1 rings (SSSR count). The zero-order valence-corrected chi connectivity index (χ0v) is 10.2. The Bertz CT molecular complexity index is 449. The van der Waals surface area contributed by atoms with Crippen LogP contribution in [-0.2, 0) is 17.6 Å². The average Bonchev–Trinajstić information content (AvgIpc) is 2.36. The zero-order valence-electron chi connectivity index (χ0n) is 10.2. The molecule has 0 aromatic carbocycles. The molecule has 0 radical (unpaired) electrons. The number of nitrogens with zero attached hydrogens (tertiary/aromatic N) is 3. The summed E-state index contributed by atoms with van der Waals surface area (Å²) in [6, 6.07) is -0.675. The summed E-state index contributed by atoms with van der Waals surface area (Å²) < 4.78 is 0. The number of aryl methyl sites for hydroxylation is 2. The van der Waals surface area contributed by atoms with Crippen molar-refractivity contribution in [1.29, 1.82) is 0 Å². The number of nitrogens with one attached hydrogen (secondary N) is 2. The summed E-state index contributed by atoms with van der Waals surface area (Å²) in [6.07, 6.45) is 1.40. The van der Waals surface area contributed by atoms with Crippen molar-refractivity contribution < 1.29 is 14.7 Å². The smallest absolute Gasteiger partial charge is 0.323 e. The van der Waals surface area contributed by atoms with Gasteiger partial charge in [0.05, 0.1) is 11.4 Å². The van der Waals surface area contributed by atoms with Gasteiger partial charge in [0.2, 0.25) is 0 Å². The Morgan fingerprint density at radius 3 is 2.39 bits per heavy atom. The first kappa shape index (κ1) is 13.8. The number of amides is 2. The Hall–Kier alpha value is -2.25. The molecule has 0 saturated carbocycles. The van der Waals surface area contributed by atoms with E-state index in [1.54, 1.807) is 0 Å². The van der Waals surface area contributed by atoms with Crippen LogP contribution in [0.25, 0.3) is 0 Å². The standard InChI is InChI=1S/C10H15N5O3/c1-3-6-7(4-2)14-15-9(12-6)13-10(18)11-5-8(16)17/h3-5H2,1-2H3,(H,16,17)(H2,11,12,13,15,18). The van der Waals surface area contributed by atoms with Gasteiger partial charge in [-0.2, -0.15) is 0 Å². The van der Waals surface area contributed by atoms with Gasteiger partial charge in [0, 0.05) is 0 Å². The van der Waals surface area contributed by atoms with Gasteiger partial charge in [-0.25, -0.2) is 9.78 Å². The minimum absolute atomic E-state index is 0.0620. The number of carboxylic acids is 1. The second-order valence-electron chi connectivity index (χ2n) is 3.44. The van der Waals surface area contributed by atoms with Gasteiger partial charge in [-0.15, -0.1) is 10.2 Å². The summed E-state index contributed by atoms with van der Waals surface area (Å²) in [6.45, 7) is 3.40. The van der Waals surface area contributed by atoms with E-state index < -0.39 is 18.5 Å². The maximum Gasteiger partial charge on any atom is 0.323 e. The van der Waals surface area contributed by atoms with Crippen molar-refractivity contribution in [3.05, 3.63) is 11.4 Å². The Labute approximate surface area is 104 Å². The van der Waals surface area contributed by atoms with Gasteiger partial charge in [0.15, 0.2) is 0 Å². The third kappa shape index (κ3) is 3.96. The number of hydrogen-bond donors (Lipinski definition) is 3. The number of carboxylic acid groups (broad SMARTS) is 1. The predicted molar refractivity (Wildman–Crippen MR) is 63.2 cm³/mol. The van der Waals surface area contributed by atoms with E-state index >= 15 is 0 Å². The summed E-state index contributed by atoms with van der Waals surface area (Å²) in [7, 11) is 0. The normalized spacial score (nSPS) is 9.89. The van der Waals surface area contributed by atoms with Crippen LogP contribution in [0.15, 0.2) is 0 Å². The molecule has 1 aromatic heterocycles. The number of hydrogen-bond acceptors (Lipinski definition) is 5. The molecule has 0 unspecified atom stereocenters. The molecular formula is C10H15N5O3. The largest absolute Gasteiger partial charge is 0.480 e. The summed E-state index contributed by atoms with van der Waals surface area (Å²) in [5.74, 6) is -1.06. The zero-order chi connectivity index (χ0) is 13.5. The molecule has 0 fully saturated rings. The topological polar surface area (TPSA) is 117 Å². The maximum absolute atomic E-state index is 11.3. The summed E-state index contributed by atoms with van der Waals surface area (Å²) in [5.41, 5.74) is 1.55. The van der Waals surface area contributed by atoms with E-state index in [-0.39, 0.29) is 5.95 Å². The van der Waals surface area contributed by atoms with E-state index in [0.29, 0.717) is 12.8 Å². The van der Waals surface area contributed by atoms with Gasteiger partial charge in [0.25, 0.3) is 5.95 Å². The summed E-state index contributed by atoms with van der Waals surface area (Å²) in [5, 5.41) is 20.5. The van der Waals surface area contributed by atoms with Gasteiger partial charge in [0.1, 0.15) is 6.54 Å². The highest BCUT2D eigenvalue weighted by atomic mass is 16.4. The Kier molecular flexibility index (Phi) is 4.97. The van der Waals surface area contributed by atoms with Crippen molar-refractivity contribution in [3.63, 3.8) is 0 Å². The molecular weight excluding hydrogens is 238 g/mol. The van der Waals surface area contributed by atoms with Gasteiger partial charge in [-0.05, 0) is 12.8 Å². The van der Waals surface area contributed by atoms with Crippen LogP contribution in [0.5, 0.6) is 0 Å². The molecule has 0 aliphatic carbocycles. The molecule has 3 N–H and O–H groups in total. The van der Waals surface area contributed by atoms with E-state index in [4.69, 9.17) is 5.11 Å². The lowest BCUT2D eigenvalue weighted by molar-refractivity contribution is -0.135. The van der Waals surface area contributed by atoms with Gasteiger partial charge >= 0.3 is 12.0 Å². The van der Waals surface area contributed by atoms with Gasteiger partial charge < -0.3 is 10.4 Å². The van der Waals surface area contributed by atoms with Crippen molar-refractivity contribution in [2.75, 3.05) is 11.9 Å². The molecule has 0 aliphatic rings. The monoisotopic (exact) mass is 253 g/mol. The molecule has 8 heteroatoms. The molecule has 0 aliphatic heterocycles. The Balaban J connectivity index is 2.67. The number of rotatable bonds is 5. The van der Waals surface area contributed by atoms with E-state index in [0.717, 1.165) is 11.4 Å². The van der Waals surface area contributed by atoms with E-state index in [1.807, 2.05) is 13.8 Å². The maximum atomic E-state index is 11.3. The fourth-order valence-electron chi connectivity index (χ4n) is 1.29. The number of aromatic nitrogens is 3. The van der Waals surface area contributed by atoms with Crippen LogP contribution in [0.2, 0.25) is 0 Å². The van der Waals surface area contributed by atoms with Gasteiger partial charge in [-0.3, -0.25) is 10.1 Å². The summed E-state index contributed by atoms with van der Waals surface area (Å²) in [4.78, 5) is 25.7. The quantitative estimate of drug-likeness (QED) is 0.690. The molecule has 98 valence electrons. The van der Waals surface area contributed by atoms with Crippen molar-refractivity contribution in [2.24, 2.45) is 0 Å². The van der Waals surface area contributed by atoms with Crippen LogP contribution in [-0.4, -0.2) is 38.8 Å². The molecule has 1 aromatic rings. The highest BCUT2D eigenvalue weighted by Gasteiger charge is 2.09. The second kappa shape index (κ2) is 6.48. The van der Waals surface area contributed by atoms with Crippen LogP contribution in [0.3, 0.4) is 0 Å². The van der Waals surface area contributed by atoms with Crippen LogP contribution >= 0.6 is 0 Å². The number of anilines is 1. The first-order valence-electron chi connectivity index (χ1n) is 5.55. The Morgan fingerprint density at radius 2 is 1.83 bits per heavy atom. The van der Waals surface area contributed by atoms with Crippen molar-refractivity contribution >= 4 is 17.9 Å². The lowest BCUT2D eigenvalue weighted by Crippen LogP contribution is -2.33. The number of aliphatic carboxylic acids is 1. The second-order valence-corrected chi connectivity index (χ2v) is 3.44. The minimum atomic E-state index is -1.13. The lowest BCUT2D eigenvalue weighted by atomic mass is 10.2. The SMILES string of the molecule is CCc1nnc(NC(=O)NCC(=O)O)nc1CC. The van der Waals surface area contributed by atoms with Gasteiger partial charge in [-0.1, -0.05) is 13.8 Å². The molecule has 0 saturated heterocycles. The molecule has 0 atom stereocenters. The first-order chi connectivity index (χ1) is 8.56. The Morgan fingerprint density at radius 1 is 1.17 bits per heavy atom. The van der Waals surface area contributed by atoms with E-state index in [1.165, 1.54) is 0 Å². The van der Waals surface area contributed by atoms with E-state index in [2.05, 4.69) is 25.8 Å². The van der Waals surface area contributed by atoms with Crippen molar-refractivity contribution in [3.8, 4) is 0 Å². The molecule has 0 spiro atoms. The molecule has 8 nitrogen and oxygen atoms in total. The molecule has 2 amide bonds. The van der Waals surface area contributed by atoms with Crippen LogP contribution in [0, 0.1) is 0 Å². The van der Waals surface area contributed by atoms with E-state index in [9.17, 15) is 9.59 Å². The van der Waals surface area contributed by atoms with Crippen LogP contribution in [0.1, 0.15) is 25.2 Å². The fourth-order valence-corrected chi connectivity index (χ4v) is 1.29. The highest BCUT2D eigenvalue weighted by molar-refractivity contribution is 5.89. The van der Waals surface area contributed by atoms with Crippen LogP contribution in [0.4, 0.5) is 10.7 Å². The highest BCUT2D eigenvalue weighted by Crippen LogP contribution is 2.06. The fraction of sp³-hybridized carbons (Fsp3) is 0.500. The molecule has 1 heterocycles. The number of carbonyl (C=O) groups excluding carboxylic acids is 1. The third-order valence-electron chi connectivity index (χ3n) is 2.13. The number of urea groups is 1. The summed E-state index contributed by atoms with van der Waals surface area (Å²) >= 11 is 0. The third-order valence-corrected chi connectivity index (χ3v) is 2.13. The first-order valence-corrected chi connectivity index (χ1v) is 5.55.